The normalized spacial score (nSPS) is 11.9. The summed E-state index contributed by atoms with van der Waals surface area (Å²) in [6.45, 7) is 0. The van der Waals surface area contributed by atoms with Crippen molar-refractivity contribution >= 4 is 65.3 Å². The lowest BCUT2D eigenvalue weighted by Gasteiger charge is -2.03. The van der Waals surface area contributed by atoms with Crippen LogP contribution in [0.1, 0.15) is 0 Å². The van der Waals surface area contributed by atoms with Gasteiger partial charge in [0.25, 0.3) is 0 Å². The molecule has 0 saturated carbocycles. The summed E-state index contributed by atoms with van der Waals surface area (Å²) in [4.78, 5) is 18.8. The highest BCUT2D eigenvalue weighted by Crippen LogP contribution is 2.40. The van der Waals surface area contributed by atoms with Crippen LogP contribution in [-0.4, -0.2) is 19.9 Å². The van der Waals surface area contributed by atoms with E-state index in [1.807, 2.05) is 48.5 Å². The van der Waals surface area contributed by atoms with E-state index in [4.69, 9.17) is 23.8 Å². The molecule has 4 heterocycles. The maximum atomic E-state index is 6.34. The van der Waals surface area contributed by atoms with Gasteiger partial charge >= 0.3 is 0 Å². The smallest absolute Gasteiger partial charge is 0.227 e. The summed E-state index contributed by atoms with van der Waals surface area (Å²) < 4.78 is 14.1. The molecular formula is C28H14N4O2S2. The highest BCUT2D eigenvalue weighted by molar-refractivity contribution is 7.27. The number of rotatable bonds is 3. The average Bonchev–Trinajstić information content (AvgIpc) is 3.70. The van der Waals surface area contributed by atoms with E-state index >= 15 is 0 Å². The Morgan fingerprint density at radius 2 is 1.44 bits per heavy atom. The highest BCUT2D eigenvalue weighted by atomic mass is 32.1. The molecule has 0 fully saturated rings. The van der Waals surface area contributed by atoms with Crippen molar-refractivity contribution in [2.24, 2.45) is 0 Å². The van der Waals surface area contributed by atoms with E-state index in [0.29, 0.717) is 11.5 Å². The SMILES string of the molecule is c1ccc2sc(-c3nc4c(-c5cccc6nc(-c7ccc8ncoc8c7)oc56)cccc4s3)nc2c1. The Labute approximate surface area is 211 Å². The van der Waals surface area contributed by atoms with Crippen molar-refractivity contribution in [2.75, 3.05) is 0 Å². The average molecular weight is 503 g/mol. The zero-order valence-electron chi connectivity index (χ0n) is 18.5. The number of fused-ring (bicyclic) bond motifs is 4. The summed E-state index contributed by atoms with van der Waals surface area (Å²) in [5.74, 6) is 0.538. The quantitative estimate of drug-likeness (QED) is 0.242. The summed E-state index contributed by atoms with van der Waals surface area (Å²) in [7, 11) is 0. The second-order valence-electron chi connectivity index (χ2n) is 8.37. The van der Waals surface area contributed by atoms with Crippen molar-refractivity contribution in [3.8, 4) is 32.6 Å². The van der Waals surface area contributed by atoms with Crippen LogP contribution >= 0.6 is 22.7 Å². The topological polar surface area (TPSA) is 77.8 Å². The van der Waals surface area contributed by atoms with Gasteiger partial charge in [0.05, 0.1) is 20.4 Å². The summed E-state index contributed by atoms with van der Waals surface area (Å²) in [5.41, 5.74) is 7.76. The van der Waals surface area contributed by atoms with Crippen molar-refractivity contribution in [3.63, 3.8) is 0 Å². The number of hydrogen-bond acceptors (Lipinski definition) is 8. The van der Waals surface area contributed by atoms with Gasteiger partial charge < -0.3 is 8.83 Å². The molecule has 36 heavy (non-hydrogen) atoms. The molecule has 0 bridgehead atoms. The first kappa shape index (κ1) is 19.9. The summed E-state index contributed by atoms with van der Waals surface area (Å²) >= 11 is 3.33. The van der Waals surface area contributed by atoms with E-state index in [1.165, 1.54) is 6.39 Å². The largest absolute Gasteiger partial charge is 0.443 e. The molecule has 0 aliphatic carbocycles. The van der Waals surface area contributed by atoms with Crippen molar-refractivity contribution in [1.29, 1.82) is 0 Å². The fourth-order valence-corrected chi connectivity index (χ4v) is 6.47. The molecule has 0 atom stereocenters. The van der Waals surface area contributed by atoms with E-state index in [2.05, 4.69) is 35.3 Å². The van der Waals surface area contributed by atoms with E-state index in [0.717, 1.165) is 63.8 Å². The molecule has 8 aromatic rings. The van der Waals surface area contributed by atoms with E-state index in [1.54, 1.807) is 22.7 Å². The molecule has 4 aromatic heterocycles. The lowest BCUT2D eigenvalue weighted by atomic mass is 10.0. The number of nitrogens with zero attached hydrogens (tertiary/aromatic N) is 4. The predicted molar refractivity (Wildman–Crippen MR) is 144 cm³/mol. The molecule has 170 valence electrons. The molecule has 0 N–H and O–H groups in total. The van der Waals surface area contributed by atoms with Crippen LogP contribution in [0.25, 0.3) is 75.2 Å². The van der Waals surface area contributed by atoms with Gasteiger partial charge in [-0.15, -0.1) is 22.7 Å². The maximum absolute atomic E-state index is 6.34. The van der Waals surface area contributed by atoms with Crippen LogP contribution in [0, 0.1) is 0 Å². The number of oxazole rings is 2. The van der Waals surface area contributed by atoms with Crippen LogP contribution in [0.15, 0.2) is 94.1 Å². The molecule has 0 aliphatic heterocycles. The zero-order valence-corrected chi connectivity index (χ0v) is 20.1. The first-order chi connectivity index (χ1) is 17.8. The van der Waals surface area contributed by atoms with Crippen molar-refractivity contribution in [2.45, 2.75) is 0 Å². The van der Waals surface area contributed by atoms with Crippen molar-refractivity contribution in [3.05, 3.63) is 85.3 Å². The number of thiazole rings is 2. The van der Waals surface area contributed by atoms with Crippen molar-refractivity contribution in [1.82, 2.24) is 19.9 Å². The van der Waals surface area contributed by atoms with Gasteiger partial charge in [0.1, 0.15) is 11.0 Å². The fraction of sp³-hybridized carbons (Fsp3) is 0. The Hall–Kier alpha value is -4.40. The van der Waals surface area contributed by atoms with Crippen molar-refractivity contribution < 1.29 is 8.83 Å². The molecule has 8 rings (SSSR count). The van der Waals surface area contributed by atoms with Crippen LogP contribution in [0.5, 0.6) is 0 Å². The highest BCUT2D eigenvalue weighted by Gasteiger charge is 2.18. The van der Waals surface area contributed by atoms with Gasteiger partial charge in [-0.3, -0.25) is 0 Å². The molecule has 6 nitrogen and oxygen atoms in total. The van der Waals surface area contributed by atoms with Crippen LogP contribution in [0.2, 0.25) is 0 Å². The number of hydrogen-bond donors (Lipinski definition) is 0. The van der Waals surface area contributed by atoms with E-state index in [-0.39, 0.29) is 0 Å². The zero-order chi connectivity index (χ0) is 23.6. The van der Waals surface area contributed by atoms with Crippen LogP contribution < -0.4 is 0 Å². The molecular weight excluding hydrogens is 488 g/mol. The number of benzene rings is 4. The number of para-hydroxylation sites is 3. The van der Waals surface area contributed by atoms with E-state index in [9.17, 15) is 0 Å². The second kappa shape index (κ2) is 7.55. The molecule has 0 radical (unpaired) electrons. The fourth-order valence-electron chi connectivity index (χ4n) is 4.49. The maximum Gasteiger partial charge on any atom is 0.227 e. The van der Waals surface area contributed by atoms with Gasteiger partial charge in [-0.1, -0.05) is 36.4 Å². The van der Waals surface area contributed by atoms with Crippen LogP contribution in [0.4, 0.5) is 0 Å². The van der Waals surface area contributed by atoms with Crippen LogP contribution in [0.3, 0.4) is 0 Å². The second-order valence-corrected chi connectivity index (χ2v) is 10.4. The monoisotopic (exact) mass is 502 g/mol. The Bertz CT molecular complexity index is 1970. The summed E-state index contributed by atoms with van der Waals surface area (Å²) in [5, 5.41) is 1.86. The first-order valence-corrected chi connectivity index (χ1v) is 12.9. The van der Waals surface area contributed by atoms with Crippen LogP contribution in [-0.2, 0) is 0 Å². The Balaban J connectivity index is 1.28. The Kier molecular flexibility index (Phi) is 4.16. The lowest BCUT2D eigenvalue weighted by molar-refractivity contribution is 0.600. The minimum absolute atomic E-state index is 0.538. The molecule has 0 aliphatic rings. The molecule has 8 heteroatoms. The molecule has 0 saturated heterocycles. The van der Waals surface area contributed by atoms with Gasteiger partial charge in [-0.2, -0.15) is 0 Å². The third-order valence-electron chi connectivity index (χ3n) is 6.18. The van der Waals surface area contributed by atoms with Gasteiger partial charge in [0, 0.05) is 16.7 Å². The van der Waals surface area contributed by atoms with Gasteiger partial charge in [-0.25, -0.2) is 19.9 Å². The third-order valence-corrected chi connectivity index (χ3v) is 8.38. The minimum atomic E-state index is 0.538. The minimum Gasteiger partial charge on any atom is -0.443 e. The summed E-state index contributed by atoms with van der Waals surface area (Å²) in [6, 6.07) is 26.2. The van der Waals surface area contributed by atoms with E-state index < -0.39 is 0 Å². The van der Waals surface area contributed by atoms with Gasteiger partial charge in [0.15, 0.2) is 27.6 Å². The standard InChI is InChI=1S/C28H14N4O2S2/c1-2-9-22-19(7-1)31-27(35-22)28-32-24-16(5-4-10-23(24)36-28)17-6-3-8-20-25(17)34-26(30-20)15-11-12-18-21(13-15)33-14-29-18/h1-14H. The Morgan fingerprint density at radius 1 is 0.639 bits per heavy atom. The molecule has 0 spiro atoms. The predicted octanol–water partition coefficient (Wildman–Crippen LogP) is 8.19. The van der Waals surface area contributed by atoms with Gasteiger partial charge in [0.2, 0.25) is 5.89 Å². The lowest BCUT2D eigenvalue weighted by Crippen LogP contribution is -1.82. The molecule has 4 aromatic carbocycles. The third kappa shape index (κ3) is 3.02. The Morgan fingerprint density at radius 3 is 2.42 bits per heavy atom. The number of aromatic nitrogens is 4. The molecule has 0 unspecified atom stereocenters. The summed E-state index contributed by atoms with van der Waals surface area (Å²) in [6.07, 6.45) is 1.44. The first-order valence-electron chi connectivity index (χ1n) is 11.3. The molecule has 0 amide bonds. The van der Waals surface area contributed by atoms with Gasteiger partial charge in [-0.05, 0) is 42.5 Å².